The topological polar surface area (TPSA) is 86.6 Å². The average Bonchev–Trinajstić information content (AvgIpc) is 2.79. The van der Waals surface area contributed by atoms with E-state index in [-0.39, 0.29) is 0 Å². The van der Waals surface area contributed by atoms with E-state index in [1.807, 2.05) is 0 Å². The fourth-order valence-electron chi connectivity index (χ4n) is 3.16. The summed E-state index contributed by atoms with van der Waals surface area (Å²) >= 11 is 3.86. The van der Waals surface area contributed by atoms with E-state index in [1.54, 1.807) is 22.3 Å². The summed E-state index contributed by atoms with van der Waals surface area (Å²) < 4.78 is 1.43. The first kappa shape index (κ1) is 18.7. The molecule has 0 saturated heterocycles. The molecule has 1 heterocycles. The summed E-state index contributed by atoms with van der Waals surface area (Å²) in [5.41, 5.74) is 6.37. The molecule has 0 aromatic heterocycles. The van der Waals surface area contributed by atoms with Crippen molar-refractivity contribution in [1.29, 1.82) is 0 Å². The number of aliphatic carboxylic acids is 2. The van der Waals surface area contributed by atoms with E-state index in [2.05, 4.69) is 27.3 Å². The predicted molar refractivity (Wildman–Crippen MR) is 95.5 cm³/mol. The molecule has 5 nitrogen and oxygen atoms in total. The molecule has 130 valence electrons. The van der Waals surface area contributed by atoms with Crippen LogP contribution in [0, 0.1) is 0 Å². The molecular formula is C18H22BrNO4. The van der Waals surface area contributed by atoms with Crippen LogP contribution in [0.4, 0.5) is 0 Å². The van der Waals surface area contributed by atoms with Gasteiger partial charge in [0, 0.05) is 16.6 Å². The minimum absolute atomic E-state index is 0.558. The Kier molecular flexibility index (Phi) is 6.99. The summed E-state index contributed by atoms with van der Waals surface area (Å²) in [5.74, 6) is -2.51. The molecule has 3 rings (SSSR count). The standard InChI is InChI=1S/C14H18BrN.C4H4O4/c15-14-12-4-2-1-3-10(12)9-11-5-7-16-8-6-13(11)14;5-3(6)1-2-4(7)8/h9,16H,1-8H2;1-2H,(H,5,6)(H,7,8)/b;2-1+. The number of carboxylic acids is 2. The van der Waals surface area contributed by atoms with Crippen molar-refractivity contribution in [2.45, 2.75) is 38.5 Å². The number of hydrogen-bond donors (Lipinski definition) is 3. The van der Waals surface area contributed by atoms with Crippen LogP contribution in [0.2, 0.25) is 0 Å². The maximum Gasteiger partial charge on any atom is 0.328 e. The number of rotatable bonds is 2. The largest absolute Gasteiger partial charge is 0.478 e. The molecule has 0 atom stereocenters. The van der Waals surface area contributed by atoms with E-state index in [0.29, 0.717) is 12.2 Å². The molecule has 0 unspecified atom stereocenters. The lowest BCUT2D eigenvalue weighted by Gasteiger charge is -2.21. The highest BCUT2D eigenvalue weighted by molar-refractivity contribution is 9.10. The third-order valence-corrected chi connectivity index (χ3v) is 5.23. The third kappa shape index (κ3) is 5.18. The Bertz CT molecular complexity index is 639. The molecule has 0 saturated carbocycles. The van der Waals surface area contributed by atoms with Crippen molar-refractivity contribution in [3.63, 3.8) is 0 Å². The number of fused-ring (bicyclic) bond motifs is 2. The van der Waals surface area contributed by atoms with Gasteiger partial charge in [0.15, 0.2) is 0 Å². The van der Waals surface area contributed by atoms with E-state index in [9.17, 15) is 9.59 Å². The molecule has 24 heavy (non-hydrogen) atoms. The predicted octanol–water partition coefficient (Wildman–Crippen LogP) is 2.73. The van der Waals surface area contributed by atoms with Crippen LogP contribution in [-0.2, 0) is 35.3 Å². The van der Waals surface area contributed by atoms with Gasteiger partial charge in [-0.15, -0.1) is 0 Å². The van der Waals surface area contributed by atoms with Crippen molar-refractivity contribution in [3.05, 3.63) is 44.9 Å². The van der Waals surface area contributed by atoms with Crippen LogP contribution in [0.5, 0.6) is 0 Å². The highest BCUT2D eigenvalue weighted by atomic mass is 79.9. The first-order valence-electron chi connectivity index (χ1n) is 8.15. The van der Waals surface area contributed by atoms with Crippen LogP contribution in [0.1, 0.15) is 35.1 Å². The van der Waals surface area contributed by atoms with E-state index in [1.165, 1.54) is 43.0 Å². The molecule has 1 aromatic rings. The lowest BCUT2D eigenvalue weighted by Crippen LogP contribution is -2.16. The van der Waals surface area contributed by atoms with Gasteiger partial charge in [0.1, 0.15) is 0 Å². The Balaban J connectivity index is 0.000000224. The van der Waals surface area contributed by atoms with Crippen LogP contribution in [-0.4, -0.2) is 35.2 Å². The Morgan fingerprint density at radius 3 is 2.12 bits per heavy atom. The molecule has 3 N–H and O–H groups in total. The number of hydrogen-bond acceptors (Lipinski definition) is 3. The van der Waals surface area contributed by atoms with Crippen LogP contribution >= 0.6 is 15.9 Å². The molecule has 1 aliphatic carbocycles. The van der Waals surface area contributed by atoms with Crippen molar-refractivity contribution in [3.8, 4) is 0 Å². The van der Waals surface area contributed by atoms with E-state index >= 15 is 0 Å². The number of halogens is 1. The van der Waals surface area contributed by atoms with Gasteiger partial charge in [0.05, 0.1) is 0 Å². The first-order chi connectivity index (χ1) is 11.5. The molecule has 0 amide bonds. The van der Waals surface area contributed by atoms with Crippen LogP contribution in [0.25, 0.3) is 0 Å². The zero-order valence-corrected chi connectivity index (χ0v) is 15.1. The normalized spacial score (nSPS) is 16.4. The number of carbonyl (C=O) groups is 2. The van der Waals surface area contributed by atoms with Gasteiger partial charge in [-0.25, -0.2) is 9.59 Å². The number of aryl methyl sites for hydroxylation is 1. The fraction of sp³-hybridized carbons (Fsp3) is 0.444. The Labute approximate surface area is 149 Å². The van der Waals surface area contributed by atoms with E-state index in [0.717, 1.165) is 13.1 Å². The smallest absolute Gasteiger partial charge is 0.328 e. The van der Waals surface area contributed by atoms with Gasteiger partial charge < -0.3 is 15.5 Å². The summed E-state index contributed by atoms with van der Waals surface area (Å²) in [4.78, 5) is 19.1. The van der Waals surface area contributed by atoms with Crippen LogP contribution < -0.4 is 5.32 Å². The first-order valence-corrected chi connectivity index (χ1v) is 8.95. The molecule has 1 aromatic carbocycles. The van der Waals surface area contributed by atoms with Gasteiger partial charge in [0.25, 0.3) is 0 Å². The molecule has 2 aliphatic rings. The molecule has 0 radical (unpaired) electrons. The average molecular weight is 396 g/mol. The van der Waals surface area contributed by atoms with Crippen molar-refractivity contribution in [1.82, 2.24) is 5.32 Å². The highest BCUT2D eigenvalue weighted by Crippen LogP contribution is 2.34. The highest BCUT2D eigenvalue weighted by Gasteiger charge is 2.19. The van der Waals surface area contributed by atoms with Crippen molar-refractivity contribution in [2.24, 2.45) is 0 Å². The van der Waals surface area contributed by atoms with Crippen molar-refractivity contribution < 1.29 is 19.8 Å². The van der Waals surface area contributed by atoms with Gasteiger partial charge in [-0.1, -0.05) is 22.0 Å². The Morgan fingerprint density at radius 1 is 0.917 bits per heavy atom. The van der Waals surface area contributed by atoms with Crippen LogP contribution in [0.3, 0.4) is 0 Å². The van der Waals surface area contributed by atoms with E-state index < -0.39 is 11.9 Å². The molecular weight excluding hydrogens is 374 g/mol. The zero-order chi connectivity index (χ0) is 17.5. The zero-order valence-electron chi connectivity index (χ0n) is 13.5. The Morgan fingerprint density at radius 2 is 1.46 bits per heavy atom. The molecule has 6 heteroatoms. The summed E-state index contributed by atoms with van der Waals surface area (Å²) in [5, 5.41) is 19.1. The van der Waals surface area contributed by atoms with Gasteiger partial charge in [-0.05, 0) is 73.9 Å². The second kappa shape index (κ2) is 8.99. The van der Waals surface area contributed by atoms with Crippen LogP contribution in [0.15, 0.2) is 22.7 Å². The lowest BCUT2D eigenvalue weighted by atomic mass is 9.87. The lowest BCUT2D eigenvalue weighted by molar-refractivity contribution is -0.134. The summed E-state index contributed by atoms with van der Waals surface area (Å²) in [6.45, 7) is 2.27. The fourth-order valence-corrected chi connectivity index (χ4v) is 4.06. The van der Waals surface area contributed by atoms with E-state index in [4.69, 9.17) is 10.2 Å². The van der Waals surface area contributed by atoms with Crippen molar-refractivity contribution in [2.75, 3.05) is 13.1 Å². The maximum atomic E-state index is 9.55. The maximum absolute atomic E-state index is 9.55. The number of benzene rings is 1. The molecule has 0 bridgehead atoms. The molecule has 0 spiro atoms. The minimum Gasteiger partial charge on any atom is -0.478 e. The second-order valence-corrected chi connectivity index (χ2v) is 6.73. The quantitative estimate of drug-likeness (QED) is 0.670. The van der Waals surface area contributed by atoms with Gasteiger partial charge in [-0.2, -0.15) is 0 Å². The monoisotopic (exact) mass is 395 g/mol. The minimum atomic E-state index is -1.26. The van der Waals surface area contributed by atoms with Gasteiger partial charge in [-0.3, -0.25) is 0 Å². The summed E-state index contributed by atoms with van der Waals surface area (Å²) in [6, 6.07) is 2.49. The molecule has 1 aliphatic heterocycles. The number of nitrogens with one attached hydrogen (secondary N) is 1. The second-order valence-electron chi connectivity index (χ2n) is 5.93. The SMILES string of the molecule is Brc1c2c(cc3c1CCNCC3)CCCC2.O=C(O)/C=C/C(=O)O. The summed E-state index contributed by atoms with van der Waals surface area (Å²) in [6.07, 6.45) is 8.79. The van der Waals surface area contributed by atoms with Gasteiger partial charge in [0.2, 0.25) is 0 Å². The summed E-state index contributed by atoms with van der Waals surface area (Å²) in [7, 11) is 0. The van der Waals surface area contributed by atoms with Gasteiger partial charge >= 0.3 is 11.9 Å². The van der Waals surface area contributed by atoms with Crippen molar-refractivity contribution >= 4 is 27.9 Å². The molecule has 0 fully saturated rings. The Hall–Kier alpha value is -1.66. The number of carboxylic acid groups (broad SMARTS) is 2. The third-order valence-electron chi connectivity index (χ3n) is 4.27.